The van der Waals surface area contributed by atoms with Gasteiger partial charge in [-0.15, -0.1) is 0 Å². The molecule has 1 heterocycles. The SMILES string of the molecule is C=CC(=O)OCCCCCCCCc1cc2c(CC)c(F)c(=S)oc2cc1C. The van der Waals surface area contributed by atoms with E-state index in [1.165, 1.54) is 11.6 Å². The topological polar surface area (TPSA) is 39.4 Å². The van der Waals surface area contributed by atoms with E-state index >= 15 is 0 Å². The van der Waals surface area contributed by atoms with E-state index in [-0.39, 0.29) is 10.7 Å². The average molecular weight is 405 g/mol. The lowest BCUT2D eigenvalue weighted by Gasteiger charge is -2.11. The van der Waals surface area contributed by atoms with Gasteiger partial charge in [0.2, 0.25) is 4.71 Å². The molecule has 0 bridgehead atoms. The van der Waals surface area contributed by atoms with E-state index in [0.717, 1.165) is 55.9 Å². The number of fused-ring (bicyclic) bond motifs is 1. The molecule has 0 aliphatic rings. The minimum atomic E-state index is -0.404. The van der Waals surface area contributed by atoms with Gasteiger partial charge >= 0.3 is 5.97 Å². The molecular formula is C23H29FO3S. The third kappa shape index (κ3) is 5.99. The summed E-state index contributed by atoms with van der Waals surface area (Å²) in [6.07, 6.45) is 9.24. The van der Waals surface area contributed by atoms with Gasteiger partial charge in [-0.1, -0.05) is 39.2 Å². The van der Waals surface area contributed by atoms with Crippen LogP contribution in [-0.2, 0) is 22.4 Å². The summed E-state index contributed by atoms with van der Waals surface area (Å²) in [7, 11) is 0. The van der Waals surface area contributed by atoms with E-state index < -0.39 is 5.82 Å². The van der Waals surface area contributed by atoms with Crippen LogP contribution < -0.4 is 0 Å². The smallest absolute Gasteiger partial charge is 0.330 e. The first-order chi connectivity index (χ1) is 13.5. The Hall–Kier alpha value is -2.01. The van der Waals surface area contributed by atoms with Crippen molar-refractivity contribution < 1.29 is 18.3 Å². The molecule has 28 heavy (non-hydrogen) atoms. The molecule has 0 unspecified atom stereocenters. The van der Waals surface area contributed by atoms with Crippen LogP contribution in [0.25, 0.3) is 11.0 Å². The van der Waals surface area contributed by atoms with Crippen LogP contribution in [0.4, 0.5) is 4.39 Å². The predicted octanol–water partition coefficient (Wildman–Crippen LogP) is 6.78. The molecule has 2 aromatic rings. The lowest BCUT2D eigenvalue weighted by atomic mass is 9.97. The summed E-state index contributed by atoms with van der Waals surface area (Å²) in [6.45, 7) is 7.84. The minimum Gasteiger partial charge on any atom is -0.463 e. The maximum absolute atomic E-state index is 14.3. The molecule has 3 nitrogen and oxygen atoms in total. The van der Waals surface area contributed by atoms with Crippen molar-refractivity contribution in [2.75, 3.05) is 6.61 Å². The van der Waals surface area contributed by atoms with Crippen LogP contribution in [0.5, 0.6) is 0 Å². The molecule has 0 radical (unpaired) electrons. The zero-order chi connectivity index (χ0) is 20.5. The number of benzene rings is 1. The van der Waals surface area contributed by atoms with Crippen molar-refractivity contribution in [3.05, 3.63) is 52.0 Å². The number of carbonyl (C=O) groups excluding carboxylic acids is 1. The second-order valence-corrected chi connectivity index (χ2v) is 7.42. The fraction of sp³-hybridized carbons (Fsp3) is 0.478. The monoisotopic (exact) mass is 404 g/mol. The van der Waals surface area contributed by atoms with Crippen LogP contribution in [0.3, 0.4) is 0 Å². The van der Waals surface area contributed by atoms with Gasteiger partial charge in [-0.2, -0.15) is 0 Å². The highest BCUT2D eigenvalue weighted by atomic mass is 32.1. The van der Waals surface area contributed by atoms with E-state index in [4.69, 9.17) is 21.4 Å². The van der Waals surface area contributed by atoms with Gasteiger partial charge in [0.15, 0.2) is 5.82 Å². The molecule has 0 fully saturated rings. The third-order valence-corrected chi connectivity index (χ3v) is 5.28. The Labute approximate surface area is 171 Å². The Kier molecular flexibility index (Phi) is 8.84. The lowest BCUT2D eigenvalue weighted by Crippen LogP contribution is -2.01. The number of esters is 1. The summed E-state index contributed by atoms with van der Waals surface area (Å²) < 4.78 is 24.7. The van der Waals surface area contributed by atoms with Crippen LogP contribution >= 0.6 is 12.2 Å². The summed E-state index contributed by atoms with van der Waals surface area (Å²) in [4.78, 5) is 10.9. The Bertz CT molecular complexity index is 886. The second kappa shape index (κ2) is 11.1. The molecule has 1 aromatic heterocycles. The zero-order valence-corrected chi connectivity index (χ0v) is 17.6. The van der Waals surface area contributed by atoms with Crippen molar-refractivity contribution in [1.29, 1.82) is 0 Å². The van der Waals surface area contributed by atoms with Gasteiger partial charge in [0.05, 0.1) is 6.61 Å². The number of hydrogen-bond donors (Lipinski definition) is 0. The highest BCUT2D eigenvalue weighted by molar-refractivity contribution is 7.71. The number of ether oxygens (including phenoxy) is 1. The number of carbonyl (C=O) groups is 1. The molecule has 152 valence electrons. The maximum Gasteiger partial charge on any atom is 0.330 e. The highest BCUT2D eigenvalue weighted by Gasteiger charge is 2.13. The molecule has 0 amide bonds. The first-order valence-corrected chi connectivity index (χ1v) is 10.4. The van der Waals surface area contributed by atoms with Gasteiger partial charge in [-0.3, -0.25) is 0 Å². The molecule has 1 aromatic carbocycles. The third-order valence-electron chi connectivity index (χ3n) is 5.02. The summed E-state index contributed by atoms with van der Waals surface area (Å²) in [5.41, 5.74) is 3.71. The van der Waals surface area contributed by atoms with Crippen molar-refractivity contribution in [3.63, 3.8) is 0 Å². The molecule has 0 aliphatic carbocycles. The molecule has 0 spiro atoms. The summed E-state index contributed by atoms with van der Waals surface area (Å²) >= 11 is 5.00. The van der Waals surface area contributed by atoms with Crippen molar-refractivity contribution in [2.45, 2.75) is 65.2 Å². The summed E-state index contributed by atoms with van der Waals surface area (Å²) in [5, 5.41) is 0.836. The fourth-order valence-corrected chi connectivity index (χ4v) is 3.62. The zero-order valence-electron chi connectivity index (χ0n) is 16.8. The van der Waals surface area contributed by atoms with E-state index in [2.05, 4.69) is 19.6 Å². The van der Waals surface area contributed by atoms with Gasteiger partial charge in [0.1, 0.15) is 5.58 Å². The van der Waals surface area contributed by atoms with Gasteiger partial charge in [0, 0.05) is 17.0 Å². The van der Waals surface area contributed by atoms with Crippen molar-refractivity contribution in [3.8, 4) is 0 Å². The predicted molar refractivity (Wildman–Crippen MR) is 114 cm³/mol. The van der Waals surface area contributed by atoms with Crippen LogP contribution in [-0.4, -0.2) is 12.6 Å². The maximum atomic E-state index is 14.3. The standard InChI is InChI=1S/C23H29FO3S/c1-4-18-19-15-17(16(3)14-20(19)27-23(28)22(18)24)12-10-8-6-7-9-11-13-26-21(25)5-2/h5,14-15H,2,4,6-13H2,1,3H3. The number of aryl methyl sites for hydroxylation is 3. The minimum absolute atomic E-state index is 0.0595. The van der Waals surface area contributed by atoms with Gasteiger partial charge in [0.25, 0.3) is 0 Å². The Morgan fingerprint density at radius 1 is 1.21 bits per heavy atom. The molecule has 5 heteroatoms. The molecule has 0 saturated heterocycles. The first kappa shape index (κ1) is 22.3. The first-order valence-electron chi connectivity index (χ1n) is 10.0. The van der Waals surface area contributed by atoms with E-state index in [0.29, 0.717) is 24.2 Å². The van der Waals surface area contributed by atoms with Gasteiger partial charge < -0.3 is 9.15 Å². The largest absolute Gasteiger partial charge is 0.463 e. The van der Waals surface area contributed by atoms with Crippen LogP contribution in [0.2, 0.25) is 0 Å². The normalized spacial score (nSPS) is 11.0. The molecule has 2 rings (SSSR count). The summed E-state index contributed by atoms with van der Waals surface area (Å²) in [6, 6.07) is 4.04. The van der Waals surface area contributed by atoms with Gasteiger partial charge in [-0.05, 0) is 68.1 Å². The molecule has 0 N–H and O–H groups in total. The Morgan fingerprint density at radius 2 is 1.89 bits per heavy atom. The Morgan fingerprint density at radius 3 is 2.57 bits per heavy atom. The average Bonchev–Trinajstić information content (AvgIpc) is 2.68. The number of halogens is 1. The quantitative estimate of drug-likeness (QED) is 0.179. The van der Waals surface area contributed by atoms with E-state index in [1.807, 2.05) is 13.0 Å². The molecule has 0 atom stereocenters. The van der Waals surface area contributed by atoms with Crippen LogP contribution in [0.1, 0.15) is 62.1 Å². The van der Waals surface area contributed by atoms with Crippen molar-refractivity contribution in [1.82, 2.24) is 0 Å². The molecular weight excluding hydrogens is 375 g/mol. The number of rotatable bonds is 11. The molecule has 0 aliphatic heterocycles. The number of unbranched alkanes of at least 4 members (excludes halogenated alkanes) is 5. The lowest BCUT2D eigenvalue weighted by molar-refractivity contribution is -0.137. The highest BCUT2D eigenvalue weighted by Crippen LogP contribution is 2.27. The van der Waals surface area contributed by atoms with E-state index in [1.54, 1.807) is 0 Å². The van der Waals surface area contributed by atoms with Gasteiger partial charge in [-0.25, -0.2) is 9.18 Å². The number of hydrogen-bond acceptors (Lipinski definition) is 4. The van der Waals surface area contributed by atoms with Crippen LogP contribution in [0.15, 0.2) is 29.2 Å². The van der Waals surface area contributed by atoms with Crippen molar-refractivity contribution >= 4 is 29.2 Å². The summed E-state index contributed by atoms with van der Waals surface area (Å²) in [5.74, 6) is -0.757. The van der Waals surface area contributed by atoms with Crippen molar-refractivity contribution in [2.24, 2.45) is 0 Å². The van der Waals surface area contributed by atoms with E-state index in [9.17, 15) is 9.18 Å². The molecule has 0 saturated carbocycles. The fourth-order valence-electron chi connectivity index (χ4n) is 3.40. The van der Waals surface area contributed by atoms with Crippen LogP contribution in [0, 0.1) is 17.4 Å². The second-order valence-electron chi connectivity index (χ2n) is 7.05. The Balaban J connectivity index is 1.83.